The second-order valence-corrected chi connectivity index (χ2v) is 10.3. The lowest BCUT2D eigenvalue weighted by Gasteiger charge is -2.09. The molecule has 210 valence electrons. The van der Waals surface area contributed by atoms with Gasteiger partial charge in [0.05, 0.1) is 0 Å². The molecule has 0 atom stereocenters. The summed E-state index contributed by atoms with van der Waals surface area (Å²) in [5.41, 5.74) is 4.75. The van der Waals surface area contributed by atoms with Crippen molar-refractivity contribution in [2.75, 3.05) is 36.8 Å². The van der Waals surface area contributed by atoms with Crippen LogP contribution in [-0.2, 0) is 0 Å². The summed E-state index contributed by atoms with van der Waals surface area (Å²) >= 11 is 0. The largest absolute Gasteiger partial charge is 0.385 e. The lowest BCUT2D eigenvalue weighted by Crippen LogP contribution is -2.04. The van der Waals surface area contributed by atoms with Gasteiger partial charge in [-0.15, -0.1) is 0 Å². The Morgan fingerprint density at radius 1 is 0.500 bits per heavy atom. The Morgan fingerprint density at radius 2 is 0.895 bits per heavy atom. The molecule has 0 aliphatic carbocycles. The summed E-state index contributed by atoms with van der Waals surface area (Å²) in [6, 6.07) is 17.0. The number of rotatable bonds is 23. The molecule has 0 spiro atoms. The van der Waals surface area contributed by atoms with Crippen molar-refractivity contribution in [1.82, 2.24) is 0 Å². The molecule has 38 heavy (non-hydrogen) atoms. The Hall–Kier alpha value is -2.62. The van der Waals surface area contributed by atoms with E-state index in [9.17, 15) is 0 Å². The number of benzene rings is 2. The number of hydrogen-bond donors (Lipinski definition) is 2. The lowest BCUT2D eigenvalue weighted by molar-refractivity contribution is 0.617. The quantitative estimate of drug-likeness (QED) is 0.114. The van der Waals surface area contributed by atoms with Crippen LogP contribution in [-0.4, -0.2) is 38.6 Å². The van der Waals surface area contributed by atoms with E-state index in [1.807, 2.05) is 12.4 Å². The third-order valence-corrected chi connectivity index (χ3v) is 6.90. The van der Waals surface area contributed by atoms with Gasteiger partial charge in [0.2, 0.25) is 0 Å². The summed E-state index contributed by atoms with van der Waals surface area (Å²) in [6.45, 7) is 8.30. The first-order chi connectivity index (χ1) is 18.8. The van der Waals surface area contributed by atoms with Crippen LogP contribution in [0.2, 0.25) is 0 Å². The fraction of sp³-hybridized carbons (Fsp3) is 0.588. The minimum absolute atomic E-state index is 0.845. The molecule has 0 heterocycles. The molecule has 0 radical (unpaired) electrons. The van der Waals surface area contributed by atoms with Crippen molar-refractivity contribution in [2.24, 2.45) is 9.98 Å². The van der Waals surface area contributed by atoms with Gasteiger partial charge < -0.3 is 10.6 Å². The zero-order chi connectivity index (χ0) is 26.9. The van der Waals surface area contributed by atoms with Crippen molar-refractivity contribution in [3.63, 3.8) is 0 Å². The zero-order valence-corrected chi connectivity index (χ0v) is 24.4. The van der Waals surface area contributed by atoms with Gasteiger partial charge in [-0.2, -0.15) is 0 Å². The van der Waals surface area contributed by atoms with Crippen LogP contribution in [0.3, 0.4) is 0 Å². The van der Waals surface area contributed by atoms with Crippen molar-refractivity contribution >= 4 is 23.8 Å². The van der Waals surface area contributed by atoms with E-state index in [0.717, 1.165) is 39.0 Å². The van der Waals surface area contributed by atoms with Crippen LogP contribution in [0, 0.1) is 0 Å². The van der Waals surface area contributed by atoms with Gasteiger partial charge in [-0.1, -0.05) is 114 Å². The maximum Gasteiger partial charge on any atom is 0.0429 e. The van der Waals surface area contributed by atoms with Crippen LogP contribution >= 0.6 is 0 Å². The number of anilines is 2. The van der Waals surface area contributed by atoms with E-state index in [0.29, 0.717) is 0 Å². The number of nitrogens with one attached hydrogen (secondary N) is 2. The molecular formula is C34H54N4. The summed E-state index contributed by atoms with van der Waals surface area (Å²) in [7, 11) is 0. The first kappa shape index (κ1) is 31.6. The Labute approximate surface area is 233 Å². The highest BCUT2D eigenvalue weighted by Crippen LogP contribution is 2.15. The van der Waals surface area contributed by atoms with Crippen molar-refractivity contribution in [3.8, 4) is 0 Å². The van der Waals surface area contributed by atoms with E-state index in [2.05, 4.69) is 83.0 Å². The number of unbranched alkanes of at least 4 members (excludes halogenated alkanes) is 11. The van der Waals surface area contributed by atoms with Crippen molar-refractivity contribution in [3.05, 3.63) is 59.7 Å². The smallest absolute Gasteiger partial charge is 0.0429 e. The van der Waals surface area contributed by atoms with E-state index >= 15 is 0 Å². The Balaban J connectivity index is 1.62. The SMILES string of the molecule is CCCCCCCCNc1ccccc1C=NCCCCN=Cc1ccccc1NCCCCCCCC. The van der Waals surface area contributed by atoms with Crippen molar-refractivity contribution in [1.29, 1.82) is 0 Å². The highest BCUT2D eigenvalue weighted by molar-refractivity contribution is 5.88. The van der Waals surface area contributed by atoms with Gasteiger partial charge >= 0.3 is 0 Å². The summed E-state index contributed by atoms with van der Waals surface area (Å²) in [5.74, 6) is 0. The predicted molar refractivity (Wildman–Crippen MR) is 171 cm³/mol. The standard InChI is InChI=1S/C34H54N4/c1-3-5-7-9-11-17-27-37-33-23-15-13-21-31(33)29-35-25-19-20-26-36-30-32-22-14-16-24-34(32)38-28-18-12-10-8-6-4-2/h13-16,21-24,29-30,37-38H,3-12,17-20,25-28H2,1-2H3. The van der Waals surface area contributed by atoms with Gasteiger partial charge in [0.25, 0.3) is 0 Å². The molecule has 2 rings (SSSR count). The highest BCUT2D eigenvalue weighted by Gasteiger charge is 2.00. The Morgan fingerprint density at radius 3 is 1.34 bits per heavy atom. The first-order valence-electron chi connectivity index (χ1n) is 15.5. The average molecular weight is 519 g/mol. The third kappa shape index (κ3) is 15.0. The molecule has 0 fully saturated rings. The van der Waals surface area contributed by atoms with Gasteiger partial charge in [-0.05, 0) is 37.8 Å². The number of hydrogen-bond acceptors (Lipinski definition) is 4. The van der Waals surface area contributed by atoms with Crippen LogP contribution < -0.4 is 10.6 Å². The second kappa shape index (κ2) is 22.4. The average Bonchev–Trinajstić information content (AvgIpc) is 2.94. The fourth-order valence-corrected chi connectivity index (χ4v) is 4.53. The summed E-state index contributed by atoms with van der Waals surface area (Å²) in [5, 5.41) is 7.21. The topological polar surface area (TPSA) is 48.8 Å². The van der Waals surface area contributed by atoms with Gasteiger partial charge in [0, 0.05) is 61.1 Å². The molecule has 4 heteroatoms. The van der Waals surface area contributed by atoms with Gasteiger partial charge in [0.15, 0.2) is 0 Å². The number of nitrogens with zero attached hydrogens (tertiary/aromatic N) is 2. The Bertz CT molecular complexity index is 816. The molecule has 0 saturated carbocycles. The lowest BCUT2D eigenvalue weighted by atomic mass is 10.1. The maximum atomic E-state index is 4.69. The van der Waals surface area contributed by atoms with E-state index in [-0.39, 0.29) is 0 Å². The fourth-order valence-electron chi connectivity index (χ4n) is 4.53. The summed E-state index contributed by atoms with van der Waals surface area (Å²) < 4.78 is 0. The van der Waals surface area contributed by atoms with E-state index in [4.69, 9.17) is 0 Å². The maximum absolute atomic E-state index is 4.69. The molecule has 0 aliphatic heterocycles. The molecule has 0 unspecified atom stereocenters. The molecule has 2 N–H and O–H groups in total. The minimum Gasteiger partial charge on any atom is -0.385 e. The second-order valence-electron chi connectivity index (χ2n) is 10.3. The zero-order valence-electron chi connectivity index (χ0n) is 24.4. The van der Waals surface area contributed by atoms with Crippen LogP contribution in [0.25, 0.3) is 0 Å². The monoisotopic (exact) mass is 518 g/mol. The molecule has 0 saturated heterocycles. The molecule has 2 aromatic rings. The van der Waals surface area contributed by atoms with Crippen LogP contribution in [0.4, 0.5) is 11.4 Å². The number of aliphatic imine (C=N–C) groups is 2. The molecule has 0 aromatic heterocycles. The predicted octanol–water partition coefficient (Wildman–Crippen LogP) is 9.55. The van der Waals surface area contributed by atoms with Crippen molar-refractivity contribution < 1.29 is 0 Å². The third-order valence-electron chi connectivity index (χ3n) is 6.90. The minimum atomic E-state index is 0.845. The molecule has 0 amide bonds. The molecule has 2 aromatic carbocycles. The number of para-hydroxylation sites is 2. The first-order valence-corrected chi connectivity index (χ1v) is 15.5. The Kier molecular flexibility index (Phi) is 18.6. The molecular weight excluding hydrogens is 464 g/mol. The molecule has 0 aliphatic rings. The van der Waals surface area contributed by atoms with Gasteiger partial charge in [-0.3, -0.25) is 9.98 Å². The highest BCUT2D eigenvalue weighted by atomic mass is 14.9. The molecule has 0 bridgehead atoms. The van der Waals surface area contributed by atoms with Crippen LogP contribution in [0.1, 0.15) is 115 Å². The van der Waals surface area contributed by atoms with Crippen molar-refractivity contribution in [2.45, 2.75) is 104 Å². The van der Waals surface area contributed by atoms with E-state index in [1.54, 1.807) is 0 Å². The summed E-state index contributed by atoms with van der Waals surface area (Å²) in [6.07, 6.45) is 22.0. The van der Waals surface area contributed by atoms with Gasteiger partial charge in [0.1, 0.15) is 0 Å². The van der Waals surface area contributed by atoms with E-state index < -0.39 is 0 Å². The van der Waals surface area contributed by atoms with Crippen LogP contribution in [0.5, 0.6) is 0 Å². The molecule has 4 nitrogen and oxygen atoms in total. The van der Waals surface area contributed by atoms with Crippen LogP contribution in [0.15, 0.2) is 58.5 Å². The normalized spacial score (nSPS) is 11.5. The summed E-state index contributed by atoms with van der Waals surface area (Å²) in [4.78, 5) is 9.38. The van der Waals surface area contributed by atoms with E-state index in [1.165, 1.54) is 99.6 Å². The van der Waals surface area contributed by atoms with Gasteiger partial charge in [-0.25, -0.2) is 0 Å².